The van der Waals surface area contributed by atoms with Crippen LogP contribution in [0.15, 0.2) is 35.2 Å². The number of carboxylic acid groups (broad SMARTS) is 1. The third-order valence-corrected chi connectivity index (χ3v) is 6.04. The van der Waals surface area contributed by atoms with Gasteiger partial charge >= 0.3 is 5.97 Å². The summed E-state index contributed by atoms with van der Waals surface area (Å²) >= 11 is 0. The van der Waals surface area contributed by atoms with Crippen molar-refractivity contribution in [2.75, 3.05) is 13.1 Å². The lowest BCUT2D eigenvalue weighted by atomic mass is 9.98. The topological polar surface area (TPSA) is 104 Å². The summed E-state index contributed by atoms with van der Waals surface area (Å²) in [6.07, 6.45) is 1.39. The van der Waals surface area contributed by atoms with Gasteiger partial charge in [0, 0.05) is 13.1 Å². The van der Waals surface area contributed by atoms with Gasteiger partial charge in [0.1, 0.15) is 6.04 Å². The molecule has 0 saturated carbocycles. The summed E-state index contributed by atoms with van der Waals surface area (Å²) < 4.78 is 26.6. The van der Waals surface area contributed by atoms with E-state index in [1.807, 2.05) is 0 Å². The van der Waals surface area contributed by atoms with Gasteiger partial charge in [-0.2, -0.15) is 4.31 Å². The lowest BCUT2D eigenvalue weighted by molar-refractivity contribution is -0.142. The number of nitrogens with one attached hydrogen (secondary N) is 1. The zero-order chi connectivity index (χ0) is 17.7. The van der Waals surface area contributed by atoms with Crippen molar-refractivity contribution in [3.8, 4) is 0 Å². The fraction of sp³-hybridized carbons (Fsp3) is 0.500. The highest BCUT2D eigenvalue weighted by Gasteiger charge is 2.34. The van der Waals surface area contributed by atoms with Crippen LogP contribution >= 0.6 is 0 Å². The number of carboxylic acids is 1. The van der Waals surface area contributed by atoms with Gasteiger partial charge in [-0.3, -0.25) is 4.79 Å². The van der Waals surface area contributed by atoms with Crippen LogP contribution in [0.5, 0.6) is 0 Å². The number of amides is 1. The molecule has 1 fully saturated rings. The number of piperidine rings is 1. The smallest absolute Gasteiger partial charge is 0.326 e. The Bertz CT molecular complexity index is 690. The molecule has 2 unspecified atom stereocenters. The first-order chi connectivity index (χ1) is 11.4. The Labute approximate surface area is 141 Å². The molecule has 1 aliphatic rings. The summed E-state index contributed by atoms with van der Waals surface area (Å²) in [5, 5.41) is 11.5. The average Bonchev–Trinajstić information content (AvgIpc) is 2.60. The maximum atomic E-state index is 12.6. The first kappa shape index (κ1) is 18.4. The molecule has 24 heavy (non-hydrogen) atoms. The first-order valence-electron chi connectivity index (χ1n) is 7.94. The molecule has 0 aliphatic carbocycles. The zero-order valence-electron chi connectivity index (χ0n) is 13.5. The number of aliphatic carboxylic acids is 1. The lowest BCUT2D eigenvalue weighted by Crippen LogP contribution is -2.49. The Morgan fingerprint density at radius 1 is 1.33 bits per heavy atom. The molecule has 132 valence electrons. The number of nitrogens with zero attached hydrogens (tertiary/aromatic N) is 1. The number of hydrogen-bond donors (Lipinski definition) is 2. The molecule has 1 aromatic carbocycles. The van der Waals surface area contributed by atoms with Crippen LogP contribution < -0.4 is 5.32 Å². The summed E-state index contributed by atoms with van der Waals surface area (Å²) in [6.45, 7) is 2.10. The fourth-order valence-corrected chi connectivity index (χ4v) is 4.29. The molecule has 2 N–H and O–H groups in total. The number of hydrogen-bond acceptors (Lipinski definition) is 4. The summed E-state index contributed by atoms with van der Waals surface area (Å²) in [7, 11) is -3.64. The van der Waals surface area contributed by atoms with E-state index in [1.165, 1.54) is 16.4 Å². The van der Waals surface area contributed by atoms with Gasteiger partial charge in [0.2, 0.25) is 15.9 Å². The van der Waals surface area contributed by atoms with Crippen LogP contribution in [0.2, 0.25) is 0 Å². The quantitative estimate of drug-likeness (QED) is 0.795. The largest absolute Gasteiger partial charge is 0.480 e. The average molecular weight is 354 g/mol. The Morgan fingerprint density at radius 3 is 2.58 bits per heavy atom. The summed E-state index contributed by atoms with van der Waals surface area (Å²) in [5.74, 6) is -2.03. The summed E-state index contributed by atoms with van der Waals surface area (Å²) in [5.41, 5.74) is 0. The minimum absolute atomic E-state index is 0.0686. The molecule has 1 amide bonds. The van der Waals surface area contributed by atoms with Gasteiger partial charge in [-0.25, -0.2) is 13.2 Å². The van der Waals surface area contributed by atoms with Crippen LogP contribution in [-0.4, -0.2) is 48.8 Å². The van der Waals surface area contributed by atoms with Crippen LogP contribution in [0, 0.1) is 5.92 Å². The van der Waals surface area contributed by atoms with Crippen LogP contribution in [0.4, 0.5) is 0 Å². The second-order valence-electron chi connectivity index (χ2n) is 5.82. The molecule has 0 bridgehead atoms. The number of rotatable bonds is 6. The summed E-state index contributed by atoms with van der Waals surface area (Å²) in [6, 6.07) is 7.15. The van der Waals surface area contributed by atoms with Gasteiger partial charge in [0.25, 0.3) is 0 Å². The van der Waals surface area contributed by atoms with Crippen LogP contribution in [0.3, 0.4) is 0 Å². The van der Waals surface area contributed by atoms with E-state index in [0.29, 0.717) is 19.4 Å². The highest BCUT2D eigenvalue weighted by atomic mass is 32.2. The molecule has 0 radical (unpaired) electrons. The van der Waals surface area contributed by atoms with Crippen LogP contribution in [0.1, 0.15) is 26.2 Å². The van der Waals surface area contributed by atoms with Gasteiger partial charge in [0.05, 0.1) is 10.8 Å². The molecule has 0 aromatic heterocycles. The Balaban J connectivity index is 2.09. The number of carbonyl (C=O) groups is 2. The van der Waals surface area contributed by atoms with Gasteiger partial charge < -0.3 is 10.4 Å². The molecule has 1 aliphatic heterocycles. The number of carbonyl (C=O) groups excluding carboxylic acids is 1. The fourth-order valence-electron chi connectivity index (χ4n) is 2.74. The molecular weight excluding hydrogens is 332 g/mol. The standard InChI is InChI=1S/C16H22N2O5S/c1-2-14(16(20)21)17-15(19)12-7-6-10-18(11-12)24(22,23)13-8-4-3-5-9-13/h3-5,8-9,12,14H,2,6-7,10-11H2,1H3,(H,17,19)(H,20,21). The molecule has 7 nitrogen and oxygen atoms in total. The van der Waals surface area contributed by atoms with E-state index < -0.39 is 33.9 Å². The van der Waals surface area contributed by atoms with E-state index in [2.05, 4.69) is 5.32 Å². The normalized spacial score (nSPS) is 20.3. The monoisotopic (exact) mass is 354 g/mol. The third kappa shape index (κ3) is 4.12. The summed E-state index contributed by atoms with van der Waals surface area (Å²) in [4.78, 5) is 23.5. The molecule has 1 saturated heterocycles. The van der Waals surface area contributed by atoms with Crippen molar-refractivity contribution in [3.05, 3.63) is 30.3 Å². The van der Waals surface area contributed by atoms with E-state index >= 15 is 0 Å². The Kier molecular flexibility index (Phi) is 5.95. The highest BCUT2D eigenvalue weighted by molar-refractivity contribution is 7.89. The number of sulfonamides is 1. The van der Waals surface area contributed by atoms with Crippen molar-refractivity contribution in [1.82, 2.24) is 9.62 Å². The first-order valence-corrected chi connectivity index (χ1v) is 9.38. The van der Waals surface area contributed by atoms with Crippen molar-refractivity contribution in [1.29, 1.82) is 0 Å². The maximum absolute atomic E-state index is 12.6. The van der Waals surface area contributed by atoms with Crippen molar-refractivity contribution in [3.63, 3.8) is 0 Å². The number of benzene rings is 1. The van der Waals surface area contributed by atoms with Crippen molar-refractivity contribution in [2.24, 2.45) is 5.92 Å². The molecular formula is C16H22N2O5S. The van der Waals surface area contributed by atoms with Gasteiger partial charge in [0.15, 0.2) is 0 Å². The van der Waals surface area contributed by atoms with E-state index in [1.54, 1.807) is 25.1 Å². The Hall–Kier alpha value is -1.93. The van der Waals surface area contributed by atoms with Crippen molar-refractivity contribution in [2.45, 2.75) is 37.1 Å². The third-order valence-electron chi connectivity index (χ3n) is 4.16. The van der Waals surface area contributed by atoms with Gasteiger partial charge in [-0.05, 0) is 31.4 Å². The SMILES string of the molecule is CCC(NC(=O)C1CCCN(S(=O)(=O)c2ccccc2)C1)C(=O)O. The highest BCUT2D eigenvalue weighted by Crippen LogP contribution is 2.23. The lowest BCUT2D eigenvalue weighted by Gasteiger charge is -2.31. The van der Waals surface area contributed by atoms with Crippen molar-refractivity contribution >= 4 is 21.9 Å². The van der Waals surface area contributed by atoms with Crippen molar-refractivity contribution < 1.29 is 23.1 Å². The van der Waals surface area contributed by atoms with E-state index in [-0.39, 0.29) is 17.9 Å². The predicted molar refractivity (Wildman–Crippen MR) is 87.8 cm³/mol. The molecule has 2 atom stereocenters. The predicted octanol–water partition coefficient (Wildman–Crippen LogP) is 1.07. The molecule has 0 spiro atoms. The minimum Gasteiger partial charge on any atom is -0.480 e. The maximum Gasteiger partial charge on any atom is 0.326 e. The molecule has 8 heteroatoms. The van der Waals surface area contributed by atoms with Crippen LogP contribution in [0.25, 0.3) is 0 Å². The molecule has 1 heterocycles. The molecule has 2 rings (SSSR count). The van der Waals surface area contributed by atoms with Gasteiger partial charge in [-0.15, -0.1) is 0 Å². The Morgan fingerprint density at radius 2 is 2.00 bits per heavy atom. The van der Waals surface area contributed by atoms with E-state index in [0.717, 1.165) is 0 Å². The zero-order valence-corrected chi connectivity index (χ0v) is 14.3. The van der Waals surface area contributed by atoms with E-state index in [9.17, 15) is 18.0 Å². The van der Waals surface area contributed by atoms with Gasteiger partial charge in [-0.1, -0.05) is 25.1 Å². The second kappa shape index (κ2) is 7.76. The van der Waals surface area contributed by atoms with E-state index in [4.69, 9.17) is 5.11 Å². The second-order valence-corrected chi connectivity index (χ2v) is 7.76. The minimum atomic E-state index is -3.64. The molecule has 1 aromatic rings. The van der Waals surface area contributed by atoms with Crippen LogP contribution in [-0.2, 0) is 19.6 Å².